The quantitative estimate of drug-likeness (QED) is 0.873. The summed E-state index contributed by atoms with van der Waals surface area (Å²) in [5.41, 5.74) is 2.30. The third-order valence-electron chi connectivity index (χ3n) is 4.80. The lowest BCUT2D eigenvalue weighted by Crippen LogP contribution is -2.36. The maximum absolute atomic E-state index is 12.1. The van der Waals surface area contributed by atoms with Crippen molar-refractivity contribution in [3.63, 3.8) is 0 Å². The van der Waals surface area contributed by atoms with Crippen LogP contribution in [0.25, 0.3) is 0 Å². The Morgan fingerprint density at radius 2 is 1.58 bits per heavy atom. The normalized spacial score (nSPS) is 16.0. The van der Waals surface area contributed by atoms with E-state index in [0.29, 0.717) is 12.3 Å². The van der Waals surface area contributed by atoms with Gasteiger partial charge in [-0.2, -0.15) is 0 Å². The van der Waals surface area contributed by atoms with Gasteiger partial charge in [-0.1, -0.05) is 48.5 Å². The van der Waals surface area contributed by atoms with Gasteiger partial charge in [0.15, 0.2) is 0 Å². The van der Waals surface area contributed by atoms with Gasteiger partial charge in [-0.25, -0.2) is 0 Å². The third-order valence-corrected chi connectivity index (χ3v) is 4.80. The number of para-hydroxylation sites is 1. The topological polar surface area (TPSA) is 32.3 Å². The first kappa shape index (κ1) is 16.7. The van der Waals surface area contributed by atoms with Gasteiger partial charge in [-0.3, -0.25) is 4.79 Å². The highest BCUT2D eigenvalue weighted by atomic mass is 16.1. The van der Waals surface area contributed by atoms with Gasteiger partial charge in [0.25, 0.3) is 0 Å². The Balaban J connectivity index is 1.36. The number of likely N-dealkylation sites (tertiary alicyclic amines) is 1. The van der Waals surface area contributed by atoms with Gasteiger partial charge in [0.05, 0.1) is 0 Å². The number of rotatable bonds is 6. The third kappa shape index (κ3) is 5.20. The first-order chi connectivity index (χ1) is 11.8. The van der Waals surface area contributed by atoms with Crippen LogP contribution in [-0.2, 0) is 11.2 Å². The molecule has 0 aromatic heterocycles. The first-order valence-electron chi connectivity index (χ1n) is 8.91. The Morgan fingerprint density at radius 3 is 2.25 bits per heavy atom. The van der Waals surface area contributed by atoms with E-state index in [2.05, 4.69) is 40.5 Å². The summed E-state index contributed by atoms with van der Waals surface area (Å²) in [5, 5.41) is 2.99. The largest absolute Gasteiger partial charge is 0.326 e. The molecule has 1 amide bonds. The van der Waals surface area contributed by atoms with Crippen molar-refractivity contribution in [3.05, 3.63) is 66.2 Å². The fourth-order valence-corrected chi connectivity index (χ4v) is 3.34. The summed E-state index contributed by atoms with van der Waals surface area (Å²) in [7, 11) is 0. The molecule has 0 unspecified atom stereocenters. The molecule has 126 valence electrons. The molecule has 1 heterocycles. The second-order valence-electron chi connectivity index (χ2n) is 6.64. The lowest BCUT2D eigenvalue weighted by molar-refractivity contribution is -0.117. The van der Waals surface area contributed by atoms with Crippen LogP contribution in [0.4, 0.5) is 5.69 Å². The van der Waals surface area contributed by atoms with Gasteiger partial charge in [0.2, 0.25) is 5.91 Å². The molecule has 0 saturated carbocycles. The molecule has 3 rings (SSSR count). The van der Waals surface area contributed by atoms with Crippen molar-refractivity contribution in [2.45, 2.75) is 25.7 Å². The summed E-state index contributed by atoms with van der Waals surface area (Å²) in [6, 6.07) is 20.4. The van der Waals surface area contributed by atoms with Crippen LogP contribution in [0, 0.1) is 5.92 Å². The molecule has 0 atom stereocenters. The van der Waals surface area contributed by atoms with Crippen molar-refractivity contribution in [1.29, 1.82) is 0 Å². The number of nitrogens with zero attached hydrogens (tertiary/aromatic N) is 1. The number of piperidine rings is 1. The molecule has 1 aliphatic heterocycles. The lowest BCUT2D eigenvalue weighted by Gasteiger charge is -2.31. The average Bonchev–Trinajstić information content (AvgIpc) is 2.63. The van der Waals surface area contributed by atoms with E-state index in [1.54, 1.807) is 0 Å². The number of nitrogens with one attached hydrogen (secondary N) is 1. The van der Waals surface area contributed by atoms with Gasteiger partial charge >= 0.3 is 0 Å². The summed E-state index contributed by atoms with van der Waals surface area (Å²) >= 11 is 0. The van der Waals surface area contributed by atoms with Gasteiger partial charge in [-0.05, 0) is 56.0 Å². The number of hydrogen-bond acceptors (Lipinski definition) is 2. The van der Waals surface area contributed by atoms with Gasteiger partial charge in [0.1, 0.15) is 0 Å². The first-order valence-corrected chi connectivity index (χ1v) is 8.91. The van der Waals surface area contributed by atoms with Crippen LogP contribution in [-0.4, -0.2) is 30.4 Å². The standard InChI is InChI=1S/C21H26N2O/c24-21(22-20-9-5-2-6-10-20)17-19-12-15-23(16-13-19)14-11-18-7-3-1-4-8-18/h1-10,19H,11-17H2,(H,22,24). The minimum atomic E-state index is 0.143. The highest BCUT2D eigenvalue weighted by Crippen LogP contribution is 2.21. The van der Waals surface area contributed by atoms with Crippen molar-refractivity contribution in [2.75, 3.05) is 25.0 Å². The van der Waals surface area contributed by atoms with Gasteiger partial charge in [-0.15, -0.1) is 0 Å². The van der Waals surface area contributed by atoms with Crippen molar-refractivity contribution in [1.82, 2.24) is 4.90 Å². The fraction of sp³-hybridized carbons (Fsp3) is 0.381. The average molecular weight is 322 g/mol. The minimum Gasteiger partial charge on any atom is -0.326 e. The molecule has 0 spiro atoms. The molecule has 0 radical (unpaired) electrons. The van der Waals surface area contributed by atoms with Gasteiger partial charge < -0.3 is 10.2 Å². The number of carbonyl (C=O) groups is 1. The zero-order valence-electron chi connectivity index (χ0n) is 14.2. The Labute approximate surface area is 144 Å². The molecule has 1 saturated heterocycles. The van der Waals surface area contributed by atoms with Crippen molar-refractivity contribution in [3.8, 4) is 0 Å². The van der Waals surface area contributed by atoms with Crippen LogP contribution in [0.5, 0.6) is 0 Å². The lowest BCUT2D eigenvalue weighted by atomic mass is 9.93. The predicted octanol–water partition coefficient (Wildman–Crippen LogP) is 3.97. The molecular formula is C21H26N2O. The van der Waals surface area contributed by atoms with Crippen LogP contribution >= 0.6 is 0 Å². The van der Waals surface area contributed by atoms with Crippen LogP contribution in [0.2, 0.25) is 0 Å². The van der Waals surface area contributed by atoms with E-state index < -0.39 is 0 Å². The summed E-state index contributed by atoms with van der Waals surface area (Å²) in [6.45, 7) is 3.33. The number of anilines is 1. The molecule has 3 heteroatoms. The number of hydrogen-bond donors (Lipinski definition) is 1. The SMILES string of the molecule is O=C(CC1CCN(CCc2ccccc2)CC1)Nc1ccccc1. The van der Waals surface area contributed by atoms with E-state index in [0.717, 1.165) is 44.6 Å². The van der Waals surface area contributed by atoms with Crippen LogP contribution < -0.4 is 5.32 Å². The molecule has 2 aromatic rings. The summed E-state index contributed by atoms with van der Waals surface area (Å²) in [4.78, 5) is 14.7. The number of carbonyl (C=O) groups excluding carboxylic acids is 1. The maximum Gasteiger partial charge on any atom is 0.224 e. The molecule has 1 fully saturated rings. The monoisotopic (exact) mass is 322 g/mol. The molecule has 0 aliphatic carbocycles. The van der Waals surface area contributed by atoms with Crippen LogP contribution in [0.15, 0.2) is 60.7 Å². The summed E-state index contributed by atoms with van der Waals surface area (Å²) in [6.07, 6.45) is 4.00. The second kappa shape index (κ2) is 8.65. The molecular weight excluding hydrogens is 296 g/mol. The van der Waals surface area contributed by atoms with Crippen molar-refractivity contribution < 1.29 is 4.79 Å². The highest BCUT2D eigenvalue weighted by Gasteiger charge is 2.21. The van der Waals surface area contributed by atoms with E-state index in [1.807, 2.05) is 30.3 Å². The highest BCUT2D eigenvalue weighted by molar-refractivity contribution is 5.90. The summed E-state index contributed by atoms with van der Waals surface area (Å²) < 4.78 is 0. The van der Waals surface area contributed by atoms with E-state index in [9.17, 15) is 4.79 Å². The number of benzene rings is 2. The molecule has 24 heavy (non-hydrogen) atoms. The Morgan fingerprint density at radius 1 is 0.958 bits per heavy atom. The second-order valence-corrected chi connectivity index (χ2v) is 6.64. The van der Waals surface area contributed by atoms with E-state index in [1.165, 1.54) is 5.56 Å². The van der Waals surface area contributed by atoms with E-state index >= 15 is 0 Å². The van der Waals surface area contributed by atoms with Gasteiger partial charge in [0, 0.05) is 18.7 Å². The zero-order valence-corrected chi connectivity index (χ0v) is 14.2. The fourth-order valence-electron chi connectivity index (χ4n) is 3.34. The van der Waals surface area contributed by atoms with Crippen LogP contribution in [0.3, 0.4) is 0 Å². The molecule has 2 aromatic carbocycles. The summed E-state index contributed by atoms with van der Waals surface area (Å²) in [5.74, 6) is 0.658. The smallest absolute Gasteiger partial charge is 0.224 e. The Kier molecular flexibility index (Phi) is 6.02. The molecule has 1 N–H and O–H groups in total. The van der Waals surface area contributed by atoms with E-state index in [-0.39, 0.29) is 5.91 Å². The van der Waals surface area contributed by atoms with E-state index in [4.69, 9.17) is 0 Å². The van der Waals surface area contributed by atoms with Crippen LogP contribution in [0.1, 0.15) is 24.8 Å². The molecule has 0 bridgehead atoms. The minimum absolute atomic E-state index is 0.143. The molecule has 3 nitrogen and oxygen atoms in total. The maximum atomic E-state index is 12.1. The van der Waals surface area contributed by atoms with Crippen molar-refractivity contribution >= 4 is 11.6 Å². The molecule has 1 aliphatic rings. The zero-order chi connectivity index (χ0) is 16.6. The predicted molar refractivity (Wildman–Crippen MR) is 99.0 cm³/mol. The Bertz CT molecular complexity index is 619. The Hall–Kier alpha value is -2.13. The number of amides is 1. The van der Waals surface area contributed by atoms with Crippen molar-refractivity contribution in [2.24, 2.45) is 5.92 Å².